The Kier molecular flexibility index (Phi) is 6.37. The van der Waals surface area contributed by atoms with Crippen LogP contribution in [0.2, 0.25) is 5.02 Å². The summed E-state index contributed by atoms with van der Waals surface area (Å²) in [5.41, 5.74) is 1.10. The summed E-state index contributed by atoms with van der Waals surface area (Å²) in [5.74, 6) is 0.399. The average molecular weight is 422 g/mol. The molecule has 1 fully saturated rings. The SMILES string of the molecule is CC(C)c1ccc(S(=O)(=O)N2CCC(C(=O)Nc3ccc(Cl)cn3)CC2)cc1. The first-order chi connectivity index (χ1) is 13.3. The normalized spacial score (nSPS) is 16.3. The summed E-state index contributed by atoms with van der Waals surface area (Å²) < 4.78 is 27.2. The fourth-order valence-corrected chi connectivity index (χ4v) is 4.79. The molecule has 0 atom stereocenters. The summed E-state index contributed by atoms with van der Waals surface area (Å²) >= 11 is 5.79. The molecule has 8 heteroatoms. The van der Waals surface area contributed by atoms with Gasteiger partial charge in [-0.3, -0.25) is 4.79 Å². The first-order valence-corrected chi connectivity index (χ1v) is 11.1. The predicted octanol–water partition coefficient (Wildman–Crippen LogP) is 3.90. The fraction of sp³-hybridized carbons (Fsp3) is 0.400. The van der Waals surface area contributed by atoms with Gasteiger partial charge >= 0.3 is 0 Å². The number of piperidine rings is 1. The number of pyridine rings is 1. The van der Waals surface area contributed by atoms with Crippen LogP contribution in [0.5, 0.6) is 0 Å². The molecule has 0 bridgehead atoms. The van der Waals surface area contributed by atoms with Crippen molar-refractivity contribution in [1.82, 2.24) is 9.29 Å². The summed E-state index contributed by atoms with van der Waals surface area (Å²) in [7, 11) is -3.54. The van der Waals surface area contributed by atoms with Crippen molar-refractivity contribution in [2.24, 2.45) is 5.92 Å². The van der Waals surface area contributed by atoms with Gasteiger partial charge in [0.15, 0.2) is 0 Å². The smallest absolute Gasteiger partial charge is 0.243 e. The van der Waals surface area contributed by atoms with Crippen molar-refractivity contribution in [3.8, 4) is 0 Å². The quantitative estimate of drug-likeness (QED) is 0.794. The fourth-order valence-electron chi connectivity index (χ4n) is 3.21. The summed E-state index contributed by atoms with van der Waals surface area (Å²) in [6.07, 6.45) is 2.42. The van der Waals surface area contributed by atoms with Crippen LogP contribution < -0.4 is 5.32 Å². The highest BCUT2D eigenvalue weighted by Gasteiger charge is 2.32. The highest BCUT2D eigenvalue weighted by molar-refractivity contribution is 7.89. The molecule has 0 radical (unpaired) electrons. The van der Waals surface area contributed by atoms with Crippen molar-refractivity contribution in [2.75, 3.05) is 18.4 Å². The lowest BCUT2D eigenvalue weighted by atomic mass is 9.97. The van der Waals surface area contributed by atoms with Crippen molar-refractivity contribution in [2.45, 2.75) is 37.5 Å². The van der Waals surface area contributed by atoms with Crippen LogP contribution in [0.25, 0.3) is 0 Å². The molecule has 3 rings (SSSR count). The molecule has 0 saturated carbocycles. The van der Waals surface area contributed by atoms with Gasteiger partial charge in [0, 0.05) is 25.2 Å². The van der Waals surface area contributed by atoms with Gasteiger partial charge in [0.05, 0.1) is 9.92 Å². The molecule has 1 aliphatic rings. The number of hydrogen-bond acceptors (Lipinski definition) is 4. The van der Waals surface area contributed by atoms with Gasteiger partial charge in [-0.25, -0.2) is 13.4 Å². The van der Waals surface area contributed by atoms with E-state index in [0.717, 1.165) is 5.56 Å². The van der Waals surface area contributed by atoms with E-state index in [4.69, 9.17) is 11.6 Å². The number of halogens is 1. The number of anilines is 1. The molecule has 1 saturated heterocycles. The van der Waals surface area contributed by atoms with E-state index in [1.165, 1.54) is 10.5 Å². The predicted molar refractivity (Wildman–Crippen MR) is 110 cm³/mol. The van der Waals surface area contributed by atoms with Gasteiger partial charge in [0.1, 0.15) is 5.82 Å². The summed E-state index contributed by atoms with van der Waals surface area (Å²) in [4.78, 5) is 16.8. The standard InChI is InChI=1S/C20H24ClN3O3S/c1-14(2)15-3-6-18(7-4-15)28(26,27)24-11-9-16(10-12-24)20(25)23-19-8-5-17(21)13-22-19/h3-8,13-14,16H,9-12H2,1-2H3,(H,22,23,25). The maximum atomic E-state index is 12.9. The third-order valence-corrected chi connectivity index (χ3v) is 7.12. The van der Waals surface area contributed by atoms with E-state index in [0.29, 0.717) is 47.6 Å². The summed E-state index contributed by atoms with van der Waals surface area (Å²) in [6.45, 7) is 4.78. The Hall–Kier alpha value is -1.96. The van der Waals surface area contributed by atoms with E-state index in [-0.39, 0.29) is 11.8 Å². The summed E-state index contributed by atoms with van der Waals surface area (Å²) in [5, 5.41) is 3.26. The Balaban J connectivity index is 1.60. The molecule has 1 aromatic carbocycles. The van der Waals surface area contributed by atoms with Gasteiger partial charge in [0.25, 0.3) is 0 Å². The molecule has 2 heterocycles. The first-order valence-electron chi connectivity index (χ1n) is 9.30. The maximum absolute atomic E-state index is 12.9. The minimum absolute atomic E-state index is 0.145. The number of aromatic nitrogens is 1. The van der Waals surface area contributed by atoms with Crippen LogP contribution in [-0.2, 0) is 14.8 Å². The highest BCUT2D eigenvalue weighted by Crippen LogP contribution is 2.26. The van der Waals surface area contributed by atoms with Crippen molar-refractivity contribution in [3.63, 3.8) is 0 Å². The van der Waals surface area contributed by atoms with Crippen LogP contribution >= 0.6 is 11.6 Å². The molecule has 0 aliphatic carbocycles. The minimum Gasteiger partial charge on any atom is -0.310 e. The second-order valence-corrected chi connectivity index (χ2v) is 9.63. The molecular formula is C20H24ClN3O3S. The number of nitrogens with one attached hydrogen (secondary N) is 1. The lowest BCUT2D eigenvalue weighted by Crippen LogP contribution is -2.41. The van der Waals surface area contributed by atoms with E-state index in [1.54, 1.807) is 24.3 Å². The second-order valence-electron chi connectivity index (χ2n) is 7.25. The highest BCUT2D eigenvalue weighted by atomic mass is 35.5. The van der Waals surface area contributed by atoms with Gasteiger partial charge in [0.2, 0.25) is 15.9 Å². The van der Waals surface area contributed by atoms with Crippen LogP contribution in [0.4, 0.5) is 5.82 Å². The van der Waals surface area contributed by atoms with Crippen LogP contribution in [0.15, 0.2) is 47.5 Å². The molecule has 0 unspecified atom stereocenters. The number of amides is 1. The number of benzene rings is 1. The third-order valence-electron chi connectivity index (χ3n) is 4.99. The Labute approximate surface area is 171 Å². The Morgan fingerprint density at radius 3 is 2.32 bits per heavy atom. The minimum atomic E-state index is -3.54. The van der Waals surface area contributed by atoms with Gasteiger partial charge in [-0.2, -0.15) is 4.31 Å². The van der Waals surface area contributed by atoms with E-state index in [9.17, 15) is 13.2 Å². The topological polar surface area (TPSA) is 79.4 Å². The van der Waals surface area contributed by atoms with Gasteiger partial charge in [-0.1, -0.05) is 37.6 Å². The largest absolute Gasteiger partial charge is 0.310 e. The van der Waals surface area contributed by atoms with Crippen LogP contribution in [0.1, 0.15) is 38.2 Å². The molecule has 6 nitrogen and oxygen atoms in total. The van der Waals surface area contributed by atoms with E-state index in [1.807, 2.05) is 12.1 Å². The second kappa shape index (κ2) is 8.59. The Morgan fingerprint density at radius 1 is 1.14 bits per heavy atom. The number of carbonyl (C=O) groups excluding carboxylic acids is 1. The van der Waals surface area contributed by atoms with Crippen LogP contribution in [-0.4, -0.2) is 36.7 Å². The molecule has 0 spiro atoms. The van der Waals surface area contributed by atoms with E-state index >= 15 is 0 Å². The van der Waals surface area contributed by atoms with Crippen LogP contribution in [0.3, 0.4) is 0 Å². The maximum Gasteiger partial charge on any atom is 0.243 e. The molecule has 1 aliphatic heterocycles. The molecule has 1 aromatic heterocycles. The number of nitrogens with zero attached hydrogens (tertiary/aromatic N) is 2. The third kappa shape index (κ3) is 4.71. The first kappa shape index (κ1) is 20.8. The molecule has 1 N–H and O–H groups in total. The van der Waals surface area contributed by atoms with Crippen molar-refractivity contribution in [1.29, 1.82) is 0 Å². The van der Waals surface area contributed by atoms with Crippen LogP contribution in [0, 0.1) is 5.92 Å². The molecule has 2 aromatic rings. The van der Waals surface area contributed by atoms with Crippen molar-refractivity contribution >= 4 is 33.3 Å². The average Bonchev–Trinajstić information content (AvgIpc) is 2.70. The van der Waals surface area contributed by atoms with Crippen molar-refractivity contribution in [3.05, 3.63) is 53.2 Å². The zero-order valence-corrected chi connectivity index (χ0v) is 17.5. The zero-order valence-electron chi connectivity index (χ0n) is 15.9. The zero-order chi connectivity index (χ0) is 20.3. The molecule has 150 valence electrons. The van der Waals surface area contributed by atoms with Gasteiger partial charge in [-0.15, -0.1) is 0 Å². The number of carbonyl (C=O) groups is 1. The number of hydrogen-bond donors (Lipinski definition) is 1. The number of rotatable bonds is 5. The van der Waals surface area contributed by atoms with Crippen molar-refractivity contribution < 1.29 is 13.2 Å². The lowest BCUT2D eigenvalue weighted by Gasteiger charge is -2.30. The Bertz CT molecular complexity index is 920. The van der Waals surface area contributed by atoms with E-state index in [2.05, 4.69) is 24.1 Å². The monoisotopic (exact) mass is 421 g/mol. The Morgan fingerprint density at radius 2 is 1.79 bits per heavy atom. The van der Waals surface area contributed by atoms with E-state index < -0.39 is 10.0 Å². The molecule has 28 heavy (non-hydrogen) atoms. The lowest BCUT2D eigenvalue weighted by molar-refractivity contribution is -0.120. The van der Waals surface area contributed by atoms with Gasteiger partial charge in [-0.05, 0) is 48.6 Å². The van der Waals surface area contributed by atoms with Gasteiger partial charge < -0.3 is 5.32 Å². The summed E-state index contributed by atoms with van der Waals surface area (Å²) in [6, 6.07) is 10.3. The molecule has 1 amide bonds. The molecular weight excluding hydrogens is 398 g/mol. The number of sulfonamides is 1.